The molecule has 1 aromatic heterocycles. The van der Waals surface area contributed by atoms with Crippen LogP contribution in [-0.2, 0) is 4.74 Å². The van der Waals surface area contributed by atoms with E-state index in [0.717, 1.165) is 31.0 Å². The van der Waals surface area contributed by atoms with Gasteiger partial charge < -0.3 is 15.8 Å². The summed E-state index contributed by atoms with van der Waals surface area (Å²) < 4.78 is 5.56. The molecular formula is C12H19N3O. The second-order valence-corrected chi connectivity index (χ2v) is 4.28. The first-order valence-corrected chi connectivity index (χ1v) is 5.83. The molecule has 0 aliphatic carbocycles. The van der Waals surface area contributed by atoms with Gasteiger partial charge >= 0.3 is 0 Å². The molecule has 3 N–H and O–H groups in total. The van der Waals surface area contributed by atoms with Crippen molar-refractivity contribution in [2.24, 2.45) is 0 Å². The van der Waals surface area contributed by atoms with Gasteiger partial charge in [0.05, 0.1) is 18.0 Å². The van der Waals surface area contributed by atoms with E-state index >= 15 is 0 Å². The number of nitrogens with zero attached hydrogens (tertiary/aromatic N) is 1. The Morgan fingerprint density at radius 3 is 3.19 bits per heavy atom. The fourth-order valence-electron chi connectivity index (χ4n) is 2.01. The number of anilines is 2. The van der Waals surface area contributed by atoms with Crippen LogP contribution in [0.25, 0.3) is 0 Å². The Morgan fingerprint density at radius 1 is 1.62 bits per heavy atom. The molecule has 4 nitrogen and oxygen atoms in total. The van der Waals surface area contributed by atoms with Gasteiger partial charge in [0.25, 0.3) is 0 Å². The van der Waals surface area contributed by atoms with Gasteiger partial charge in [-0.2, -0.15) is 0 Å². The number of aryl methyl sites for hydroxylation is 1. The topological polar surface area (TPSA) is 60.2 Å². The van der Waals surface area contributed by atoms with Crippen molar-refractivity contribution in [3.05, 3.63) is 17.8 Å². The highest BCUT2D eigenvalue weighted by Crippen LogP contribution is 2.17. The molecule has 2 rings (SSSR count). The zero-order valence-electron chi connectivity index (χ0n) is 9.70. The molecular weight excluding hydrogens is 202 g/mol. The number of ether oxygens (including phenoxy) is 1. The molecule has 1 atom stereocenters. The van der Waals surface area contributed by atoms with Crippen LogP contribution in [0.3, 0.4) is 0 Å². The van der Waals surface area contributed by atoms with Gasteiger partial charge in [0.15, 0.2) is 0 Å². The van der Waals surface area contributed by atoms with Crippen molar-refractivity contribution in [2.45, 2.75) is 32.3 Å². The Morgan fingerprint density at radius 2 is 2.50 bits per heavy atom. The molecule has 1 fully saturated rings. The largest absolute Gasteiger partial charge is 0.397 e. The van der Waals surface area contributed by atoms with Crippen molar-refractivity contribution in [3.63, 3.8) is 0 Å². The molecule has 1 aliphatic heterocycles. The fraction of sp³-hybridized carbons (Fsp3) is 0.583. The number of rotatable bonds is 4. The highest BCUT2D eigenvalue weighted by molar-refractivity contribution is 5.50. The summed E-state index contributed by atoms with van der Waals surface area (Å²) >= 11 is 0. The van der Waals surface area contributed by atoms with Crippen LogP contribution in [-0.4, -0.2) is 24.2 Å². The molecule has 1 aliphatic rings. The highest BCUT2D eigenvalue weighted by Gasteiger charge is 2.14. The predicted octanol–water partition coefficient (Wildman–Crippen LogP) is 1.95. The van der Waals surface area contributed by atoms with Crippen LogP contribution in [0.2, 0.25) is 0 Å². The van der Waals surface area contributed by atoms with Gasteiger partial charge in [-0.3, -0.25) is 0 Å². The smallest absolute Gasteiger partial charge is 0.128 e. The molecule has 88 valence electrons. The van der Waals surface area contributed by atoms with Crippen LogP contribution in [0.4, 0.5) is 11.5 Å². The molecule has 0 radical (unpaired) electrons. The van der Waals surface area contributed by atoms with Crippen LogP contribution in [0, 0.1) is 6.92 Å². The molecule has 0 amide bonds. The molecule has 16 heavy (non-hydrogen) atoms. The molecule has 0 bridgehead atoms. The van der Waals surface area contributed by atoms with Crippen LogP contribution in [0.15, 0.2) is 12.3 Å². The van der Waals surface area contributed by atoms with Crippen molar-refractivity contribution in [2.75, 3.05) is 24.2 Å². The van der Waals surface area contributed by atoms with Gasteiger partial charge in [0.1, 0.15) is 5.82 Å². The minimum absolute atomic E-state index is 0.432. The minimum Gasteiger partial charge on any atom is -0.397 e. The van der Waals surface area contributed by atoms with Gasteiger partial charge in [-0.25, -0.2) is 4.98 Å². The Balaban J connectivity index is 1.80. The van der Waals surface area contributed by atoms with E-state index in [0.29, 0.717) is 11.8 Å². The lowest BCUT2D eigenvalue weighted by atomic mass is 10.2. The van der Waals surface area contributed by atoms with Crippen molar-refractivity contribution in [1.29, 1.82) is 0 Å². The monoisotopic (exact) mass is 221 g/mol. The third-order valence-corrected chi connectivity index (χ3v) is 2.88. The van der Waals surface area contributed by atoms with Gasteiger partial charge in [0, 0.05) is 13.2 Å². The second kappa shape index (κ2) is 5.16. The summed E-state index contributed by atoms with van der Waals surface area (Å²) in [5.41, 5.74) is 7.45. The number of hydrogen-bond acceptors (Lipinski definition) is 4. The Bertz CT molecular complexity index is 348. The van der Waals surface area contributed by atoms with E-state index in [1.807, 2.05) is 13.0 Å². The van der Waals surface area contributed by atoms with Crippen molar-refractivity contribution < 1.29 is 4.74 Å². The van der Waals surface area contributed by atoms with Crippen molar-refractivity contribution in [3.8, 4) is 0 Å². The molecule has 1 unspecified atom stereocenters. The maximum atomic E-state index is 5.65. The van der Waals surface area contributed by atoms with E-state index in [-0.39, 0.29) is 0 Å². The first-order chi connectivity index (χ1) is 7.75. The van der Waals surface area contributed by atoms with Gasteiger partial charge in [-0.15, -0.1) is 0 Å². The van der Waals surface area contributed by atoms with Gasteiger partial charge in [-0.1, -0.05) is 0 Å². The van der Waals surface area contributed by atoms with Gasteiger partial charge in [-0.05, 0) is 37.8 Å². The third-order valence-electron chi connectivity index (χ3n) is 2.88. The molecule has 1 aromatic rings. The van der Waals surface area contributed by atoms with Crippen molar-refractivity contribution in [1.82, 2.24) is 4.98 Å². The number of pyridine rings is 1. The quantitative estimate of drug-likeness (QED) is 0.816. The molecule has 0 saturated carbocycles. The first kappa shape index (κ1) is 11.2. The van der Waals surface area contributed by atoms with E-state index < -0.39 is 0 Å². The van der Waals surface area contributed by atoms with E-state index in [1.165, 1.54) is 12.8 Å². The standard InChI is InChI=1S/C12H19N3O/c1-9-7-10(13)8-15-12(9)14-5-4-11-3-2-6-16-11/h7-8,11H,2-6,13H2,1H3,(H,14,15). The number of aromatic nitrogens is 1. The number of hydrogen-bond donors (Lipinski definition) is 2. The summed E-state index contributed by atoms with van der Waals surface area (Å²) in [6.07, 6.45) is 5.55. The number of nitrogens with two attached hydrogens (primary N) is 1. The lowest BCUT2D eigenvalue weighted by Gasteiger charge is -2.12. The normalized spacial score (nSPS) is 19.9. The van der Waals surface area contributed by atoms with Crippen molar-refractivity contribution >= 4 is 11.5 Å². The summed E-state index contributed by atoms with van der Waals surface area (Å²) in [7, 11) is 0. The number of nitrogens with one attached hydrogen (secondary N) is 1. The second-order valence-electron chi connectivity index (χ2n) is 4.28. The third kappa shape index (κ3) is 2.85. The van der Waals surface area contributed by atoms with Crippen LogP contribution >= 0.6 is 0 Å². The van der Waals surface area contributed by atoms with E-state index in [4.69, 9.17) is 10.5 Å². The summed E-state index contributed by atoms with van der Waals surface area (Å²) in [6.45, 7) is 3.84. The zero-order chi connectivity index (χ0) is 11.4. The molecule has 4 heteroatoms. The fourth-order valence-corrected chi connectivity index (χ4v) is 2.01. The summed E-state index contributed by atoms with van der Waals surface area (Å²) in [6, 6.07) is 1.93. The lowest BCUT2D eigenvalue weighted by molar-refractivity contribution is 0.107. The average molecular weight is 221 g/mol. The van der Waals surface area contributed by atoms with Crippen LogP contribution < -0.4 is 11.1 Å². The molecule has 0 aromatic carbocycles. The highest BCUT2D eigenvalue weighted by atomic mass is 16.5. The summed E-state index contributed by atoms with van der Waals surface area (Å²) in [4.78, 5) is 4.27. The Kier molecular flexibility index (Phi) is 3.62. The number of nitrogen functional groups attached to an aromatic ring is 1. The van der Waals surface area contributed by atoms with E-state index in [1.54, 1.807) is 6.20 Å². The SMILES string of the molecule is Cc1cc(N)cnc1NCCC1CCCO1. The van der Waals surface area contributed by atoms with E-state index in [9.17, 15) is 0 Å². The summed E-state index contributed by atoms with van der Waals surface area (Å²) in [5.74, 6) is 0.923. The zero-order valence-corrected chi connectivity index (χ0v) is 9.70. The maximum absolute atomic E-state index is 5.65. The molecule has 0 spiro atoms. The predicted molar refractivity (Wildman–Crippen MR) is 65.5 cm³/mol. The first-order valence-electron chi connectivity index (χ1n) is 5.83. The Hall–Kier alpha value is -1.29. The average Bonchev–Trinajstić information content (AvgIpc) is 2.74. The van der Waals surface area contributed by atoms with Crippen LogP contribution in [0.1, 0.15) is 24.8 Å². The molecule has 2 heterocycles. The minimum atomic E-state index is 0.432. The maximum Gasteiger partial charge on any atom is 0.128 e. The molecule has 1 saturated heterocycles. The Labute approximate surface area is 96.2 Å². The van der Waals surface area contributed by atoms with E-state index in [2.05, 4.69) is 10.3 Å². The van der Waals surface area contributed by atoms with Crippen LogP contribution in [0.5, 0.6) is 0 Å². The van der Waals surface area contributed by atoms with Gasteiger partial charge in [0.2, 0.25) is 0 Å². The summed E-state index contributed by atoms with van der Waals surface area (Å²) in [5, 5.41) is 3.32. The lowest BCUT2D eigenvalue weighted by Crippen LogP contribution is -2.13.